The molecule has 2 N–H and O–H groups in total. The highest BCUT2D eigenvalue weighted by Crippen LogP contribution is 2.12. The molecule has 1 aromatic carbocycles. The standard InChI is InChI=1S/C18H18N4O3/c1-13(11-14-5-3-2-4-6-14)22-12-17(25-21-22)20-18(24)19-15-7-9-16(23)10-8-15/h2-10,12-13,21H,11H2,1H3,(H,20,24). The molecule has 3 rings (SSSR count). The number of nitrogens with one attached hydrogen (secondary N) is 2. The van der Waals surface area contributed by atoms with Crippen molar-refractivity contribution in [1.29, 1.82) is 0 Å². The van der Waals surface area contributed by atoms with E-state index < -0.39 is 6.03 Å². The number of hydrogen-bond donors (Lipinski definition) is 2. The first-order valence-corrected chi connectivity index (χ1v) is 7.86. The number of carbonyl (C=O) groups is 2. The summed E-state index contributed by atoms with van der Waals surface area (Å²) in [7, 11) is 0. The predicted octanol–water partition coefficient (Wildman–Crippen LogP) is 2.01. The molecule has 7 heteroatoms. The molecule has 2 aliphatic rings. The van der Waals surface area contributed by atoms with E-state index >= 15 is 0 Å². The van der Waals surface area contributed by atoms with Gasteiger partial charge >= 0.3 is 6.03 Å². The average molecular weight is 338 g/mol. The van der Waals surface area contributed by atoms with Gasteiger partial charge in [0.2, 0.25) is 5.88 Å². The summed E-state index contributed by atoms with van der Waals surface area (Å²) in [4.78, 5) is 32.0. The highest BCUT2D eigenvalue weighted by Gasteiger charge is 2.20. The molecule has 1 atom stereocenters. The summed E-state index contributed by atoms with van der Waals surface area (Å²) in [5.41, 5.74) is 4.36. The molecule has 2 amide bonds. The second-order valence-corrected chi connectivity index (χ2v) is 5.67. The Kier molecular flexibility index (Phi) is 5.06. The fourth-order valence-corrected chi connectivity index (χ4v) is 2.38. The molecule has 7 nitrogen and oxygen atoms in total. The molecule has 0 saturated heterocycles. The molecule has 0 radical (unpaired) electrons. The van der Waals surface area contributed by atoms with E-state index in [1.165, 1.54) is 29.9 Å². The molecule has 1 heterocycles. The number of nitrogens with zero attached hydrogens (tertiary/aromatic N) is 2. The third-order valence-corrected chi connectivity index (χ3v) is 3.66. The monoisotopic (exact) mass is 338 g/mol. The minimum Gasteiger partial charge on any atom is -0.369 e. The van der Waals surface area contributed by atoms with Gasteiger partial charge in [-0.25, -0.2) is 4.79 Å². The van der Waals surface area contributed by atoms with Crippen molar-refractivity contribution in [3.63, 3.8) is 0 Å². The van der Waals surface area contributed by atoms with E-state index in [0.29, 0.717) is 5.71 Å². The SMILES string of the molecule is CC(Cc1ccccc1)N1C=C(NC(=O)N=C2C=CC(=O)C=C2)ON1. The molecule has 128 valence electrons. The van der Waals surface area contributed by atoms with Crippen LogP contribution in [0.15, 0.2) is 71.7 Å². The van der Waals surface area contributed by atoms with Gasteiger partial charge in [-0.1, -0.05) is 35.9 Å². The Balaban J connectivity index is 1.55. The van der Waals surface area contributed by atoms with Gasteiger partial charge in [0.05, 0.1) is 11.9 Å². The normalized spacial score (nSPS) is 17.2. The van der Waals surface area contributed by atoms with Gasteiger partial charge in [-0.15, -0.1) is 0 Å². The van der Waals surface area contributed by atoms with Crippen molar-refractivity contribution in [2.75, 3.05) is 0 Å². The van der Waals surface area contributed by atoms with Crippen molar-refractivity contribution in [2.45, 2.75) is 19.4 Å². The molecule has 1 aromatic rings. The first-order valence-electron chi connectivity index (χ1n) is 7.86. The molecular formula is C18H18N4O3. The number of ketones is 1. The van der Waals surface area contributed by atoms with Gasteiger partial charge < -0.3 is 4.84 Å². The predicted molar refractivity (Wildman–Crippen MR) is 93.0 cm³/mol. The average Bonchev–Trinajstić information content (AvgIpc) is 3.06. The van der Waals surface area contributed by atoms with E-state index in [1.807, 2.05) is 25.1 Å². The van der Waals surface area contributed by atoms with Crippen LogP contribution in [0.25, 0.3) is 0 Å². The van der Waals surface area contributed by atoms with E-state index in [-0.39, 0.29) is 17.7 Å². The molecule has 25 heavy (non-hydrogen) atoms. The minimum absolute atomic E-state index is 0.123. The number of urea groups is 1. The Labute approximate surface area is 145 Å². The zero-order chi connectivity index (χ0) is 17.6. The molecule has 0 bridgehead atoms. The molecule has 1 unspecified atom stereocenters. The maximum absolute atomic E-state index is 11.9. The smallest absolute Gasteiger partial charge is 0.348 e. The number of carbonyl (C=O) groups excluding carboxylic acids is 2. The summed E-state index contributed by atoms with van der Waals surface area (Å²) in [5.74, 6) is 0.127. The zero-order valence-corrected chi connectivity index (χ0v) is 13.7. The van der Waals surface area contributed by atoms with Gasteiger partial charge in [0.1, 0.15) is 0 Å². The van der Waals surface area contributed by atoms with E-state index in [0.717, 1.165) is 6.42 Å². The minimum atomic E-state index is -0.579. The van der Waals surface area contributed by atoms with Crippen LogP contribution in [0.3, 0.4) is 0 Å². The second-order valence-electron chi connectivity index (χ2n) is 5.67. The summed E-state index contributed by atoms with van der Waals surface area (Å²) in [5, 5.41) is 4.31. The molecule has 1 aliphatic heterocycles. The quantitative estimate of drug-likeness (QED) is 0.821. The molecule has 0 aromatic heterocycles. The molecule has 0 fully saturated rings. The Morgan fingerprint density at radius 3 is 2.68 bits per heavy atom. The van der Waals surface area contributed by atoms with Gasteiger partial charge in [-0.2, -0.15) is 4.99 Å². The van der Waals surface area contributed by atoms with Gasteiger partial charge in [-0.3, -0.25) is 15.1 Å². The van der Waals surface area contributed by atoms with Crippen LogP contribution in [0, 0.1) is 0 Å². The van der Waals surface area contributed by atoms with Crippen LogP contribution in [0.2, 0.25) is 0 Å². The maximum atomic E-state index is 11.9. The molecule has 1 aliphatic carbocycles. The van der Waals surface area contributed by atoms with Crippen molar-refractivity contribution in [1.82, 2.24) is 15.9 Å². The summed E-state index contributed by atoms with van der Waals surface area (Å²) in [6.45, 7) is 2.04. The van der Waals surface area contributed by atoms with Crippen LogP contribution in [0.4, 0.5) is 4.79 Å². The number of aliphatic imine (C=N–C) groups is 1. The topological polar surface area (TPSA) is 83.0 Å². The third-order valence-electron chi connectivity index (χ3n) is 3.66. The number of amides is 2. The number of benzene rings is 1. The van der Waals surface area contributed by atoms with Gasteiger partial charge in [0.25, 0.3) is 0 Å². The number of rotatable bonds is 4. The Hall–Kier alpha value is -3.19. The lowest BCUT2D eigenvalue weighted by Gasteiger charge is -2.21. The summed E-state index contributed by atoms with van der Waals surface area (Å²) >= 11 is 0. The first kappa shape index (κ1) is 16.7. The molecule has 0 saturated carbocycles. The largest absolute Gasteiger partial charge is 0.369 e. The zero-order valence-electron chi connectivity index (χ0n) is 13.7. The molecule has 0 spiro atoms. The summed E-state index contributed by atoms with van der Waals surface area (Å²) in [6, 6.07) is 9.64. The van der Waals surface area contributed by atoms with Crippen molar-refractivity contribution in [3.8, 4) is 0 Å². The van der Waals surface area contributed by atoms with Gasteiger partial charge in [0.15, 0.2) is 5.78 Å². The van der Waals surface area contributed by atoms with Crippen molar-refractivity contribution in [3.05, 3.63) is 72.3 Å². The number of hydrogen-bond acceptors (Lipinski definition) is 5. The van der Waals surface area contributed by atoms with Crippen LogP contribution in [-0.4, -0.2) is 28.6 Å². The van der Waals surface area contributed by atoms with Crippen molar-refractivity contribution < 1.29 is 14.4 Å². The Bertz CT molecular complexity index is 763. The van der Waals surface area contributed by atoms with Crippen LogP contribution in [0.1, 0.15) is 12.5 Å². The van der Waals surface area contributed by atoms with Gasteiger partial charge in [0, 0.05) is 6.04 Å². The third kappa shape index (κ3) is 4.65. The fourth-order valence-electron chi connectivity index (χ4n) is 2.38. The maximum Gasteiger partial charge on any atom is 0.348 e. The number of allylic oxidation sites excluding steroid dienone is 4. The highest BCUT2D eigenvalue weighted by molar-refractivity contribution is 6.18. The van der Waals surface area contributed by atoms with Crippen molar-refractivity contribution in [2.24, 2.45) is 4.99 Å². The lowest BCUT2D eigenvalue weighted by atomic mass is 10.1. The Morgan fingerprint density at radius 2 is 1.96 bits per heavy atom. The highest BCUT2D eigenvalue weighted by atomic mass is 16.7. The summed E-state index contributed by atoms with van der Waals surface area (Å²) in [6.07, 6.45) is 8.16. The lowest BCUT2D eigenvalue weighted by Crippen LogP contribution is -2.37. The summed E-state index contributed by atoms with van der Waals surface area (Å²) < 4.78 is 0. The van der Waals surface area contributed by atoms with Crippen LogP contribution >= 0.6 is 0 Å². The Morgan fingerprint density at radius 1 is 1.24 bits per heavy atom. The lowest BCUT2D eigenvalue weighted by molar-refractivity contribution is -0.110. The van der Waals surface area contributed by atoms with Crippen LogP contribution in [0.5, 0.6) is 0 Å². The molecular weight excluding hydrogens is 320 g/mol. The van der Waals surface area contributed by atoms with Crippen molar-refractivity contribution >= 4 is 17.5 Å². The first-order chi connectivity index (χ1) is 12.1. The van der Waals surface area contributed by atoms with Crippen LogP contribution < -0.4 is 10.9 Å². The van der Waals surface area contributed by atoms with Crippen LogP contribution in [-0.2, 0) is 16.1 Å². The second kappa shape index (κ2) is 7.59. The van der Waals surface area contributed by atoms with E-state index in [4.69, 9.17) is 4.84 Å². The fraction of sp³-hybridized carbons (Fsp3) is 0.167. The van der Waals surface area contributed by atoms with E-state index in [9.17, 15) is 9.59 Å². The van der Waals surface area contributed by atoms with E-state index in [2.05, 4.69) is 28.0 Å². The number of hydrazine groups is 1. The van der Waals surface area contributed by atoms with E-state index in [1.54, 1.807) is 11.2 Å². The van der Waals surface area contributed by atoms with Gasteiger partial charge in [-0.05, 0) is 43.2 Å².